The predicted molar refractivity (Wildman–Crippen MR) is 107 cm³/mol. The van der Waals surface area contributed by atoms with Gasteiger partial charge in [0.2, 0.25) is 11.0 Å². The molecule has 10 nitrogen and oxygen atoms in total. The van der Waals surface area contributed by atoms with Crippen LogP contribution in [0.3, 0.4) is 0 Å². The number of aliphatic carboxylic acids is 1. The number of aromatic nitrogens is 6. The summed E-state index contributed by atoms with van der Waals surface area (Å²) >= 11 is 1.37. The minimum atomic E-state index is -1.04. The summed E-state index contributed by atoms with van der Waals surface area (Å²) < 4.78 is 13.7. The zero-order valence-corrected chi connectivity index (χ0v) is 17.0. The quantitative estimate of drug-likeness (QED) is 0.640. The summed E-state index contributed by atoms with van der Waals surface area (Å²) in [6.07, 6.45) is 0. The van der Waals surface area contributed by atoms with Crippen molar-refractivity contribution in [2.24, 2.45) is 11.8 Å². The number of rotatable bonds is 5. The van der Waals surface area contributed by atoms with Crippen molar-refractivity contribution in [2.75, 3.05) is 36.0 Å². The lowest BCUT2D eigenvalue weighted by atomic mass is 10.0. The highest BCUT2D eigenvalue weighted by molar-refractivity contribution is 7.18. The van der Waals surface area contributed by atoms with Gasteiger partial charge in [0.1, 0.15) is 5.82 Å². The number of hydrogen-bond donors (Lipinski definition) is 1. The fourth-order valence-electron chi connectivity index (χ4n) is 4.22. The van der Waals surface area contributed by atoms with E-state index >= 15 is 0 Å². The second-order valence-electron chi connectivity index (χ2n) is 7.69. The van der Waals surface area contributed by atoms with Crippen LogP contribution in [-0.4, -0.2) is 67.7 Å². The first-order valence-corrected chi connectivity index (χ1v) is 10.4. The van der Waals surface area contributed by atoms with Crippen molar-refractivity contribution in [2.45, 2.75) is 13.5 Å². The molecular formula is C18H19FN8O2S. The molecule has 1 N–H and O–H groups in total. The molecule has 4 heterocycles. The first-order valence-electron chi connectivity index (χ1n) is 9.56. The van der Waals surface area contributed by atoms with Crippen LogP contribution < -0.4 is 9.80 Å². The molecule has 156 valence electrons. The van der Waals surface area contributed by atoms with Gasteiger partial charge in [0, 0.05) is 43.7 Å². The van der Waals surface area contributed by atoms with Crippen molar-refractivity contribution in [3.8, 4) is 10.8 Å². The molecule has 5 rings (SSSR count). The monoisotopic (exact) mass is 430 g/mol. The number of aryl methyl sites for hydroxylation is 1. The number of fused-ring (bicyclic) bond motifs is 1. The minimum absolute atomic E-state index is 0.204. The molecular weight excluding hydrogens is 411 g/mol. The number of carbonyl (C=O) groups is 1. The number of carboxylic acids is 1. The highest BCUT2D eigenvalue weighted by Gasteiger charge is 2.41. The summed E-state index contributed by atoms with van der Waals surface area (Å²) in [6.45, 7) is 5.17. The zero-order valence-electron chi connectivity index (χ0n) is 16.1. The van der Waals surface area contributed by atoms with Gasteiger partial charge in [-0.3, -0.25) is 4.79 Å². The molecule has 2 aliphatic heterocycles. The molecule has 0 amide bonds. The molecule has 12 heteroatoms. The lowest BCUT2D eigenvalue weighted by Crippen LogP contribution is -2.29. The van der Waals surface area contributed by atoms with Gasteiger partial charge in [-0.15, -0.1) is 20.4 Å². The lowest BCUT2D eigenvalue weighted by Gasteiger charge is -2.24. The number of nitrogens with zero attached hydrogens (tertiary/aromatic N) is 8. The summed E-state index contributed by atoms with van der Waals surface area (Å²) in [6, 6.07) is 4.95. The molecule has 2 fully saturated rings. The van der Waals surface area contributed by atoms with E-state index in [1.807, 2.05) is 13.0 Å². The van der Waals surface area contributed by atoms with E-state index in [1.165, 1.54) is 17.4 Å². The highest BCUT2D eigenvalue weighted by atomic mass is 32.1. The third kappa shape index (κ3) is 3.47. The van der Waals surface area contributed by atoms with Gasteiger partial charge in [0.15, 0.2) is 11.6 Å². The SMILES string of the molecule is Cc1ccc(F)cc1N1CC2CN(c3nnc(-c4nnn(CC(=O)O)n4)s3)CC2C1. The van der Waals surface area contributed by atoms with Crippen molar-refractivity contribution in [3.63, 3.8) is 0 Å². The van der Waals surface area contributed by atoms with Crippen LogP contribution in [0.5, 0.6) is 0 Å². The Morgan fingerprint density at radius 3 is 2.63 bits per heavy atom. The molecule has 2 aromatic heterocycles. The molecule has 0 aliphatic carbocycles. The van der Waals surface area contributed by atoms with E-state index in [0.717, 1.165) is 47.4 Å². The maximum atomic E-state index is 13.7. The van der Waals surface area contributed by atoms with Gasteiger partial charge in [0.05, 0.1) is 0 Å². The van der Waals surface area contributed by atoms with Gasteiger partial charge in [0.25, 0.3) is 0 Å². The third-order valence-electron chi connectivity index (χ3n) is 5.60. The van der Waals surface area contributed by atoms with Gasteiger partial charge in [-0.1, -0.05) is 17.4 Å². The van der Waals surface area contributed by atoms with Crippen LogP contribution in [0.15, 0.2) is 18.2 Å². The van der Waals surface area contributed by atoms with Crippen LogP contribution in [-0.2, 0) is 11.3 Å². The van der Waals surface area contributed by atoms with Crippen molar-refractivity contribution in [3.05, 3.63) is 29.6 Å². The first-order chi connectivity index (χ1) is 14.5. The van der Waals surface area contributed by atoms with Crippen molar-refractivity contribution >= 4 is 28.1 Å². The number of anilines is 2. The zero-order chi connectivity index (χ0) is 20.8. The second kappa shape index (κ2) is 7.27. The van der Waals surface area contributed by atoms with E-state index in [4.69, 9.17) is 5.11 Å². The van der Waals surface area contributed by atoms with Crippen molar-refractivity contribution in [1.82, 2.24) is 30.4 Å². The van der Waals surface area contributed by atoms with E-state index in [1.54, 1.807) is 6.07 Å². The number of carboxylic acid groups (broad SMARTS) is 1. The standard InChI is InChI=1S/C18H19FN8O2S/c1-10-2-3-13(19)4-14(10)25-5-11-7-26(8-12(11)6-25)18-22-21-17(30-18)16-20-24-27(23-16)9-15(28)29/h2-4,11-12H,5-9H2,1H3,(H,28,29). The van der Waals surface area contributed by atoms with Gasteiger partial charge in [-0.25, -0.2) is 4.39 Å². The Balaban J connectivity index is 1.25. The largest absolute Gasteiger partial charge is 0.480 e. The number of tetrazole rings is 1. The van der Waals surface area contributed by atoms with Crippen LogP contribution in [0.4, 0.5) is 15.2 Å². The first kappa shape index (κ1) is 18.9. The molecule has 0 radical (unpaired) electrons. The Morgan fingerprint density at radius 2 is 1.90 bits per heavy atom. The summed E-state index contributed by atoms with van der Waals surface area (Å²) in [5, 5.41) is 30.2. The second-order valence-corrected chi connectivity index (χ2v) is 8.64. The van der Waals surface area contributed by atoms with Crippen LogP contribution in [0.25, 0.3) is 10.8 Å². The molecule has 0 bridgehead atoms. The van der Waals surface area contributed by atoms with Crippen LogP contribution in [0.1, 0.15) is 5.56 Å². The van der Waals surface area contributed by atoms with E-state index in [9.17, 15) is 9.18 Å². The summed E-state index contributed by atoms with van der Waals surface area (Å²) in [5.41, 5.74) is 2.06. The topological polar surface area (TPSA) is 113 Å². The van der Waals surface area contributed by atoms with E-state index in [-0.39, 0.29) is 18.2 Å². The predicted octanol–water partition coefficient (Wildman–Crippen LogP) is 1.30. The molecule has 2 saturated heterocycles. The maximum absolute atomic E-state index is 13.7. The van der Waals surface area contributed by atoms with Gasteiger partial charge in [-0.2, -0.15) is 4.80 Å². The average molecular weight is 430 g/mol. The molecule has 0 saturated carbocycles. The molecule has 30 heavy (non-hydrogen) atoms. The number of benzene rings is 1. The Morgan fingerprint density at radius 1 is 1.17 bits per heavy atom. The molecule has 3 aromatic rings. The van der Waals surface area contributed by atoms with Crippen molar-refractivity contribution < 1.29 is 14.3 Å². The Kier molecular flexibility index (Phi) is 4.57. The molecule has 2 atom stereocenters. The summed E-state index contributed by atoms with van der Waals surface area (Å²) in [5.74, 6) is -0.0103. The molecule has 2 aliphatic rings. The van der Waals surface area contributed by atoms with E-state index in [0.29, 0.717) is 16.8 Å². The molecule has 1 aromatic carbocycles. The fraction of sp³-hybridized carbons (Fsp3) is 0.444. The molecule has 2 unspecified atom stereocenters. The van der Waals surface area contributed by atoms with Crippen molar-refractivity contribution in [1.29, 1.82) is 0 Å². The molecule has 0 spiro atoms. The average Bonchev–Trinajstić information content (AvgIpc) is 3.44. The lowest BCUT2D eigenvalue weighted by molar-refractivity contribution is -0.138. The Hall–Kier alpha value is -3.15. The van der Waals surface area contributed by atoms with Gasteiger partial charge < -0.3 is 14.9 Å². The third-order valence-corrected chi connectivity index (χ3v) is 6.58. The normalized spacial score (nSPS) is 20.7. The van der Waals surface area contributed by atoms with Crippen LogP contribution >= 0.6 is 11.3 Å². The van der Waals surface area contributed by atoms with Gasteiger partial charge >= 0.3 is 5.97 Å². The smallest absolute Gasteiger partial charge is 0.327 e. The number of hydrogen-bond acceptors (Lipinski definition) is 9. The van der Waals surface area contributed by atoms with Crippen LogP contribution in [0, 0.1) is 24.6 Å². The minimum Gasteiger partial charge on any atom is -0.480 e. The number of halogens is 1. The van der Waals surface area contributed by atoms with E-state index in [2.05, 4.69) is 35.4 Å². The Labute approximate surface area is 174 Å². The van der Waals surface area contributed by atoms with Crippen LogP contribution in [0.2, 0.25) is 0 Å². The summed E-state index contributed by atoms with van der Waals surface area (Å²) in [4.78, 5) is 16.3. The Bertz CT molecular complexity index is 1090. The highest BCUT2D eigenvalue weighted by Crippen LogP contribution is 2.38. The van der Waals surface area contributed by atoms with Gasteiger partial charge in [-0.05, 0) is 29.8 Å². The fourth-order valence-corrected chi connectivity index (χ4v) is 5.01. The summed E-state index contributed by atoms with van der Waals surface area (Å²) in [7, 11) is 0. The van der Waals surface area contributed by atoms with E-state index < -0.39 is 5.97 Å². The maximum Gasteiger partial charge on any atom is 0.327 e.